The number of pyridine rings is 1. The van der Waals surface area contributed by atoms with E-state index in [9.17, 15) is 18.0 Å². The molecular weight excluding hydrogens is 537 g/mol. The molecule has 5 rings (SSSR count). The third kappa shape index (κ3) is 4.97. The van der Waals surface area contributed by atoms with Gasteiger partial charge in [0.15, 0.2) is 5.82 Å². The van der Waals surface area contributed by atoms with Crippen molar-refractivity contribution in [1.29, 1.82) is 0 Å². The largest absolute Gasteiger partial charge is 0.416 e. The molecule has 4 aromatic rings. The van der Waals surface area contributed by atoms with Crippen LogP contribution in [0.15, 0.2) is 71.7 Å². The van der Waals surface area contributed by atoms with E-state index in [4.69, 9.17) is 0 Å². The summed E-state index contributed by atoms with van der Waals surface area (Å²) >= 11 is 3.42. The molecule has 0 bridgehead atoms. The standard InChI is InChI=1S/C25H20BrF3N6O/c26-22-23(32-10-9-31-22)34-11-13-35(14-12-34)24(36)16-1-4-18(5-2-16)33-20-7-8-30-21-15-17(25(27,28)29)3-6-19(20)21/h1-10,15H,11-14H2,(H,30,33). The van der Waals surface area contributed by atoms with Gasteiger partial charge in [-0.25, -0.2) is 9.97 Å². The van der Waals surface area contributed by atoms with Crippen molar-refractivity contribution in [3.8, 4) is 0 Å². The number of hydrogen-bond donors (Lipinski definition) is 1. The van der Waals surface area contributed by atoms with Crippen LogP contribution in [0, 0.1) is 0 Å². The molecule has 3 heterocycles. The number of halogens is 4. The fourth-order valence-corrected chi connectivity index (χ4v) is 4.59. The Balaban J connectivity index is 1.25. The molecule has 1 fully saturated rings. The number of piperazine rings is 1. The third-order valence-electron chi connectivity index (χ3n) is 5.98. The molecule has 1 N–H and O–H groups in total. The van der Waals surface area contributed by atoms with Gasteiger partial charge in [0.05, 0.1) is 11.1 Å². The van der Waals surface area contributed by atoms with Crippen LogP contribution in [0.1, 0.15) is 15.9 Å². The molecule has 1 amide bonds. The molecule has 0 aliphatic carbocycles. The van der Waals surface area contributed by atoms with E-state index in [1.54, 1.807) is 47.6 Å². The topological polar surface area (TPSA) is 74.2 Å². The van der Waals surface area contributed by atoms with E-state index in [-0.39, 0.29) is 11.4 Å². The molecule has 0 unspecified atom stereocenters. The van der Waals surface area contributed by atoms with Gasteiger partial charge in [-0.1, -0.05) is 6.07 Å². The maximum atomic E-state index is 13.0. The minimum Gasteiger partial charge on any atom is -0.355 e. The summed E-state index contributed by atoms with van der Waals surface area (Å²) in [7, 11) is 0. The molecule has 1 aliphatic heterocycles. The van der Waals surface area contributed by atoms with Crippen LogP contribution < -0.4 is 10.2 Å². The molecule has 1 aliphatic rings. The van der Waals surface area contributed by atoms with Gasteiger partial charge in [-0.05, 0) is 58.4 Å². The molecule has 0 atom stereocenters. The van der Waals surface area contributed by atoms with Crippen molar-refractivity contribution in [2.75, 3.05) is 36.4 Å². The van der Waals surface area contributed by atoms with E-state index in [1.165, 1.54) is 12.3 Å². The van der Waals surface area contributed by atoms with Crippen molar-refractivity contribution in [3.63, 3.8) is 0 Å². The number of alkyl halides is 3. The Hall–Kier alpha value is -3.73. The van der Waals surface area contributed by atoms with Gasteiger partial charge in [0.25, 0.3) is 5.91 Å². The second kappa shape index (κ2) is 9.73. The van der Waals surface area contributed by atoms with Crippen LogP contribution in [0.4, 0.5) is 30.4 Å². The first-order valence-electron chi connectivity index (χ1n) is 11.1. The number of anilines is 3. The Kier molecular flexibility index (Phi) is 6.48. The van der Waals surface area contributed by atoms with Crippen molar-refractivity contribution in [1.82, 2.24) is 19.9 Å². The van der Waals surface area contributed by atoms with Gasteiger partial charge in [-0.15, -0.1) is 0 Å². The van der Waals surface area contributed by atoms with Crippen LogP contribution in [-0.2, 0) is 6.18 Å². The highest BCUT2D eigenvalue weighted by molar-refractivity contribution is 9.10. The molecular formula is C25H20BrF3N6O. The summed E-state index contributed by atoms with van der Waals surface area (Å²) in [5.74, 6) is 0.701. The molecule has 1 saturated heterocycles. The second-order valence-corrected chi connectivity index (χ2v) is 8.99. The number of hydrogen-bond acceptors (Lipinski definition) is 6. The summed E-state index contributed by atoms with van der Waals surface area (Å²) < 4.78 is 39.8. The van der Waals surface area contributed by atoms with Crippen molar-refractivity contribution in [3.05, 3.63) is 82.9 Å². The van der Waals surface area contributed by atoms with Gasteiger partial charge in [-0.3, -0.25) is 9.78 Å². The first-order valence-corrected chi connectivity index (χ1v) is 11.9. The lowest BCUT2D eigenvalue weighted by molar-refractivity contribution is -0.137. The molecule has 11 heteroatoms. The smallest absolute Gasteiger partial charge is 0.355 e. The summed E-state index contributed by atoms with van der Waals surface area (Å²) in [6, 6.07) is 12.2. The van der Waals surface area contributed by atoms with E-state index in [1.807, 2.05) is 0 Å². The van der Waals surface area contributed by atoms with E-state index in [2.05, 4.69) is 41.1 Å². The van der Waals surface area contributed by atoms with Crippen molar-refractivity contribution in [2.24, 2.45) is 0 Å². The average molecular weight is 557 g/mol. The SMILES string of the molecule is O=C(c1ccc(Nc2ccnc3cc(C(F)(F)F)ccc23)cc1)N1CCN(c2nccnc2Br)CC1. The summed E-state index contributed by atoms with van der Waals surface area (Å²) in [6.45, 7) is 2.41. The third-order valence-corrected chi connectivity index (χ3v) is 6.54. The normalized spacial score (nSPS) is 14.2. The number of nitrogens with zero attached hydrogens (tertiary/aromatic N) is 5. The molecule has 0 radical (unpaired) electrons. The number of aromatic nitrogens is 3. The quantitative estimate of drug-likeness (QED) is 0.357. The van der Waals surface area contributed by atoms with Crippen LogP contribution in [-0.4, -0.2) is 51.9 Å². The number of rotatable bonds is 4. The Morgan fingerprint density at radius 2 is 1.61 bits per heavy atom. The van der Waals surface area contributed by atoms with E-state index >= 15 is 0 Å². The second-order valence-electron chi connectivity index (χ2n) is 8.24. The minimum atomic E-state index is -4.43. The van der Waals surface area contributed by atoms with Crippen LogP contribution in [0.2, 0.25) is 0 Å². The maximum absolute atomic E-state index is 13.0. The lowest BCUT2D eigenvalue weighted by Gasteiger charge is -2.35. The average Bonchev–Trinajstić information content (AvgIpc) is 2.88. The van der Waals surface area contributed by atoms with Gasteiger partial charge in [-0.2, -0.15) is 13.2 Å². The molecule has 36 heavy (non-hydrogen) atoms. The minimum absolute atomic E-state index is 0.0616. The molecule has 2 aromatic carbocycles. The van der Waals surface area contributed by atoms with Crippen molar-refractivity contribution < 1.29 is 18.0 Å². The Morgan fingerprint density at radius 3 is 2.31 bits per heavy atom. The first kappa shape index (κ1) is 24.0. The molecule has 2 aromatic heterocycles. The number of benzene rings is 2. The highest BCUT2D eigenvalue weighted by Crippen LogP contribution is 2.33. The highest BCUT2D eigenvalue weighted by atomic mass is 79.9. The number of nitrogens with one attached hydrogen (secondary N) is 1. The van der Waals surface area contributed by atoms with Crippen LogP contribution in [0.25, 0.3) is 10.9 Å². The fourth-order valence-electron chi connectivity index (χ4n) is 4.11. The highest BCUT2D eigenvalue weighted by Gasteiger charge is 2.30. The predicted octanol–water partition coefficient (Wildman–Crippen LogP) is 5.51. The monoisotopic (exact) mass is 556 g/mol. The lowest BCUT2D eigenvalue weighted by Crippen LogP contribution is -2.49. The van der Waals surface area contributed by atoms with Crippen molar-refractivity contribution >= 4 is 49.9 Å². The summed E-state index contributed by atoms with van der Waals surface area (Å²) in [5.41, 5.74) is 1.39. The molecule has 0 saturated carbocycles. The van der Waals surface area contributed by atoms with E-state index in [0.29, 0.717) is 53.1 Å². The zero-order valence-corrected chi connectivity index (χ0v) is 20.4. The number of carbonyl (C=O) groups is 1. The zero-order chi connectivity index (χ0) is 25.3. The Labute approximate surface area is 213 Å². The van der Waals surface area contributed by atoms with Gasteiger partial charge in [0.2, 0.25) is 0 Å². The number of fused-ring (bicyclic) bond motifs is 1. The first-order chi connectivity index (χ1) is 17.3. The summed E-state index contributed by atoms with van der Waals surface area (Å²) in [4.78, 5) is 29.5. The number of carbonyl (C=O) groups excluding carboxylic acids is 1. The van der Waals surface area contributed by atoms with E-state index in [0.717, 1.165) is 18.0 Å². The summed E-state index contributed by atoms with van der Waals surface area (Å²) in [5, 5.41) is 3.78. The maximum Gasteiger partial charge on any atom is 0.416 e. The van der Waals surface area contributed by atoms with E-state index < -0.39 is 11.7 Å². The van der Waals surface area contributed by atoms with Gasteiger partial charge in [0.1, 0.15) is 4.60 Å². The Bertz CT molecular complexity index is 1410. The predicted molar refractivity (Wildman–Crippen MR) is 134 cm³/mol. The van der Waals surface area contributed by atoms with Gasteiger partial charge in [0, 0.05) is 67.1 Å². The molecule has 0 spiro atoms. The Morgan fingerprint density at radius 1 is 0.889 bits per heavy atom. The molecule has 184 valence electrons. The van der Waals surface area contributed by atoms with Crippen molar-refractivity contribution in [2.45, 2.75) is 6.18 Å². The van der Waals surface area contributed by atoms with Gasteiger partial charge < -0.3 is 15.1 Å². The van der Waals surface area contributed by atoms with Gasteiger partial charge >= 0.3 is 6.18 Å². The lowest BCUT2D eigenvalue weighted by atomic mass is 10.1. The summed E-state index contributed by atoms with van der Waals surface area (Å²) in [6.07, 6.45) is 0.289. The number of amides is 1. The molecule has 7 nitrogen and oxygen atoms in total. The van der Waals surface area contributed by atoms with Crippen LogP contribution >= 0.6 is 15.9 Å². The fraction of sp³-hybridized carbons (Fsp3) is 0.200. The van der Waals surface area contributed by atoms with Crippen LogP contribution in [0.3, 0.4) is 0 Å². The zero-order valence-electron chi connectivity index (χ0n) is 18.8. The van der Waals surface area contributed by atoms with Crippen LogP contribution in [0.5, 0.6) is 0 Å².